The maximum Gasteiger partial charge on any atom is 0.272 e. The summed E-state index contributed by atoms with van der Waals surface area (Å²) in [6.45, 7) is 0. The van der Waals surface area contributed by atoms with Crippen molar-refractivity contribution in [1.82, 2.24) is 9.55 Å². The summed E-state index contributed by atoms with van der Waals surface area (Å²) >= 11 is 6.86. The quantitative estimate of drug-likeness (QED) is 0.699. The molecule has 3 nitrogen and oxygen atoms in total. The normalized spacial score (nSPS) is 14.8. The summed E-state index contributed by atoms with van der Waals surface area (Å²) in [5.74, 6) is 0. The van der Waals surface area contributed by atoms with Crippen LogP contribution in [-0.2, 0) is 12.8 Å². The lowest BCUT2D eigenvalue weighted by Crippen LogP contribution is -2.26. The molecule has 2 aromatic heterocycles. The average Bonchev–Trinajstić information content (AvgIpc) is 3.04. The molecule has 5 heteroatoms. The van der Waals surface area contributed by atoms with Gasteiger partial charge in [0, 0.05) is 6.04 Å². The van der Waals surface area contributed by atoms with Crippen LogP contribution in [0.25, 0.3) is 10.2 Å². The van der Waals surface area contributed by atoms with Gasteiger partial charge < -0.3 is 4.98 Å². The van der Waals surface area contributed by atoms with Crippen molar-refractivity contribution in [1.29, 1.82) is 0 Å². The molecular formula is C15H12N2OS2. The highest BCUT2D eigenvalue weighted by Gasteiger charge is 2.24. The number of thiophene rings is 1. The van der Waals surface area contributed by atoms with Crippen LogP contribution in [0, 0.1) is 4.77 Å². The van der Waals surface area contributed by atoms with Gasteiger partial charge in [-0.05, 0) is 47.6 Å². The predicted molar refractivity (Wildman–Crippen MR) is 84.2 cm³/mol. The zero-order chi connectivity index (χ0) is 13.7. The molecule has 1 aliphatic carbocycles. The molecule has 0 spiro atoms. The van der Waals surface area contributed by atoms with Gasteiger partial charge in [-0.3, -0.25) is 9.36 Å². The Labute approximate surface area is 124 Å². The van der Waals surface area contributed by atoms with Crippen LogP contribution in [0.3, 0.4) is 0 Å². The van der Waals surface area contributed by atoms with Crippen LogP contribution in [0.4, 0.5) is 0 Å². The predicted octanol–water partition coefficient (Wildman–Crippen LogP) is 3.46. The molecule has 0 fully saturated rings. The average molecular weight is 300 g/mol. The van der Waals surface area contributed by atoms with Crippen LogP contribution in [0.5, 0.6) is 0 Å². The van der Waals surface area contributed by atoms with E-state index in [0.29, 0.717) is 4.77 Å². The van der Waals surface area contributed by atoms with Crippen molar-refractivity contribution >= 4 is 33.8 Å². The molecule has 0 bridgehead atoms. The highest BCUT2D eigenvalue weighted by atomic mass is 32.1. The third-order valence-corrected chi connectivity index (χ3v) is 5.13. The molecule has 2 heterocycles. The minimum absolute atomic E-state index is 0.0385. The monoisotopic (exact) mass is 300 g/mol. The Balaban J connectivity index is 1.89. The summed E-state index contributed by atoms with van der Waals surface area (Å²) in [6, 6.07) is 10.4. The number of hydrogen-bond donors (Lipinski definition) is 1. The van der Waals surface area contributed by atoms with Gasteiger partial charge in [-0.25, -0.2) is 0 Å². The van der Waals surface area contributed by atoms with E-state index in [1.807, 2.05) is 23.6 Å². The van der Waals surface area contributed by atoms with E-state index in [-0.39, 0.29) is 11.6 Å². The Bertz CT molecular complexity index is 894. The van der Waals surface area contributed by atoms with Crippen LogP contribution < -0.4 is 5.56 Å². The standard InChI is InChI=1S/C15H12N2OS2/c18-14-13-12(5-6-20-13)16-15(19)17(14)11-7-9-3-1-2-4-10(9)8-11/h1-6,11H,7-8H2,(H,16,19). The van der Waals surface area contributed by atoms with Crippen molar-refractivity contribution in [3.05, 3.63) is 62.0 Å². The molecule has 0 aliphatic heterocycles. The fraction of sp³-hybridized carbons (Fsp3) is 0.200. The molecule has 0 amide bonds. The Morgan fingerprint density at radius 1 is 1.20 bits per heavy atom. The van der Waals surface area contributed by atoms with Gasteiger partial charge in [0.1, 0.15) is 4.70 Å². The zero-order valence-electron chi connectivity index (χ0n) is 10.6. The molecule has 100 valence electrons. The summed E-state index contributed by atoms with van der Waals surface area (Å²) in [7, 11) is 0. The van der Waals surface area contributed by atoms with Crippen LogP contribution in [0.2, 0.25) is 0 Å². The number of nitrogens with zero attached hydrogens (tertiary/aromatic N) is 1. The fourth-order valence-electron chi connectivity index (χ4n) is 3.00. The van der Waals surface area contributed by atoms with Crippen molar-refractivity contribution < 1.29 is 0 Å². The smallest absolute Gasteiger partial charge is 0.272 e. The zero-order valence-corrected chi connectivity index (χ0v) is 12.3. The Morgan fingerprint density at radius 3 is 2.60 bits per heavy atom. The summed E-state index contributed by atoms with van der Waals surface area (Å²) < 4.78 is 3.04. The summed E-state index contributed by atoms with van der Waals surface area (Å²) in [5.41, 5.74) is 3.53. The van der Waals surface area contributed by atoms with Crippen LogP contribution in [0.1, 0.15) is 17.2 Å². The minimum atomic E-state index is 0.0385. The molecule has 20 heavy (non-hydrogen) atoms. The van der Waals surface area contributed by atoms with Crippen LogP contribution in [0.15, 0.2) is 40.5 Å². The molecule has 1 aliphatic rings. The topological polar surface area (TPSA) is 37.8 Å². The fourth-order valence-corrected chi connectivity index (χ4v) is 4.13. The first kappa shape index (κ1) is 12.1. The van der Waals surface area contributed by atoms with Gasteiger partial charge in [0.25, 0.3) is 5.56 Å². The first-order valence-corrected chi connectivity index (χ1v) is 7.81. The van der Waals surface area contributed by atoms with Gasteiger partial charge in [0.05, 0.1) is 5.52 Å². The lowest BCUT2D eigenvalue weighted by molar-refractivity contribution is 0.502. The second-order valence-electron chi connectivity index (χ2n) is 5.10. The van der Waals surface area contributed by atoms with Gasteiger partial charge in [-0.1, -0.05) is 24.3 Å². The van der Waals surface area contributed by atoms with E-state index in [0.717, 1.165) is 23.1 Å². The third-order valence-electron chi connectivity index (χ3n) is 3.93. The van der Waals surface area contributed by atoms with E-state index in [4.69, 9.17) is 12.2 Å². The Morgan fingerprint density at radius 2 is 1.90 bits per heavy atom. The highest BCUT2D eigenvalue weighted by Crippen LogP contribution is 2.29. The van der Waals surface area contributed by atoms with E-state index in [1.54, 1.807) is 4.57 Å². The number of fused-ring (bicyclic) bond motifs is 2. The number of nitrogens with one attached hydrogen (secondary N) is 1. The van der Waals surface area contributed by atoms with Gasteiger partial charge in [-0.15, -0.1) is 11.3 Å². The molecule has 1 aromatic carbocycles. The second-order valence-corrected chi connectivity index (χ2v) is 6.40. The van der Waals surface area contributed by atoms with Gasteiger partial charge in [-0.2, -0.15) is 0 Å². The Kier molecular flexibility index (Phi) is 2.65. The number of aromatic nitrogens is 2. The van der Waals surface area contributed by atoms with Crippen molar-refractivity contribution in [3.63, 3.8) is 0 Å². The Hall–Kier alpha value is -1.72. The molecule has 4 rings (SSSR count). The number of hydrogen-bond acceptors (Lipinski definition) is 3. The van der Waals surface area contributed by atoms with Crippen molar-refractivity contribution in [2.75, 3.05) is 0 Å². The van der Waals surface area contributed by atoms with E-state index in [1.165, 1.54) is 22.5 Å². The largest absolute Gasteiger partial charge is 0.331 e. The van der Waals surface area contributed by atoms with Gasteiger partial charge in [0.15, 0.2) is 4.77 Å². The highest BCUT2D eigenvalue weighted by molar-refractivity contribution is 7.71. The minimum Gasteiger partial charge on any atom is -0.331 e. The number of H-pyrrole nitrogens is 1. The SMILES string of the molecule is O=c1c2sccc2[nH]c(=S)n1C1Cc2ccccc2C1. The molecule has 0 radical (unpaired) electrons. The molecule has 3 aromatic rings. The number of rotatable bonds is 1. The van der Waals surface area contributed by atoms with Crippen molar-refractivity contribution in [2.45, 2.75) is 18.9 Å². The molecule has 1 N–H and O–H groups in total. The van der Waals surface area contributed by atoms with E-state index >= 15 is 0 Å². The van der Waals surface area contributed by atoms with E-state index in [2.05, 4.69) is 17.1 Å². The number of aromatic amines is 1. The lowest BCUT2D eigenvalue weighted by Gasteiger charge is -2.13. The summed E-state index contributed by atoms with van der Waals surface area (Å²) in [5, 5.41) is 1.92. The lowest BCUT2D eigenvalue weighted by atomic mass is 10.1. The van der Waals surface area contributed by atoms with E-state index in [9.17, 15) is 4.79 Å². The number of benzene rings is 1. The first-order chi connectivity index (χ1) is 9.74. The molecule has 0 saturated heterocycles. The summed E-state index contributed by atoms with van der Waals surface area (Å²) in [4.78, 5) is 15.8. The van der Waals surface area contributed by atoms with Crippen LogP contribution >= 0.6 is 23.6 Å². The van der Waals surface area contributed by atoms with E-state index < -0.39 is 0 Å². The van der Waals surface area contributed by atoms with Gasteiger partial charge in [0.2, 0.25) is 0 Å². The van der Waals surface area contributed by atoms with Gasteiger partial charge >= 0.3 is 0 Å². The summed E-state index contributed by atoms with van der Waals surface area (Å²) in [6.07, 6.45) is 1.76. The maximum absolute atomic E-state index is 12.6. The molecule has 0 saturated carbocycles. The molecule has 0 atom stereocenters. The third kappa shape index (κ3) is 1.70. The second kappa shape index (κ2) is 4.40. The first-order valence-electron chi connectivity index (χ1n) is 6.53. The molecular weight excluding hydrogens is 288 g/mol. The van der Waals surface area contributed by atoms with Crippen LogP contribution in [-0.4, -0.2) is 9.55 Å². The van der Waals surface area contributed by atoms with Crippen molar-refractivity contribution in [3.8, 4) is 0 Å². The van der Waals surface area contributed by atoms with Crippen molar-refractivity contribution in [2.24, 2.45) is 0 Å². The molecule has 0 unspecified atom stereocenters. The maximum atomic E-state index is 12.6.